The number of carbonyl (C=O) groups excluding carboxylic acids is 4. The summed E-state index contributed by atoms with van der Waals surface area (Å²) in [6, 6.07) is 0. The van der Waals surface area contributed by atoms with Gasteiger partial charge in [0.25, 0.3) is 0 Å². The number of likely N-dealkylation sites (N-methyl/N-ethyl adjacent to an activating group) is 1. The van der Waals surface area contributed by atoms with Crippen LogP contribution in [0.3, 0.4) is 0 Å². The maximum atomic E-state index is 13.3. The van der Waals surface area contributed by atoms with Crippen molar-refractivity contribution in [2.45, 2.75) is 258 Å². The number of hydrogen-bond acceptors (Lipinski definition) is 10. The van der Waals surface area contributed by atoms with Gasteiger partial charge in [-0.25, -0.2) is 0 Å². The summed E-state index contributed by atoms with van der Waals surface area (Å²) >= 11 is 0. The van der Waals surface area contributed by atoms with E-state index in [0.717, 1.165) is 142 Å². The standard InChI is InChI=1S/C67H116N2O8/c1-5-8-11-14-17-20-23-26-29-32-35-38-41-44-47-50-63(70)74-59-67(62-77-66(73)53-54-69-57-55-68(4)56-58-69,60-75-64(71)51-48-45-42-39-36-33-30-27-24-21-18-15-12-9-6-2)61-76-65(72)52-49-46-43-40-37-34-31-28-25-22-19-16-13-10-7-3/h17-22,26-31H,5-16,23-25,32-62H2,1-4H3/b20-17-,21-18-,22-19-,29-26-,30-27-,31-28-. The first-order valence-corrected chi connectivity index (χ1v) is 31.7. The molecule has 0 aliphatic carbocycles. The molecule has 0 N–H and O–H groups in total. The van der Waals surface area contributed by atoms with Crippen molar-refractivity contribution in [1.29, 1.82) is 0 Å². The van der Waals surface area contributed by atoms with E-state index in [-0.39, 0.29) is 70.0 Å². The molecule has 77 heavy (non-hydrogen) atoms. The van der Waals surface area contributed by atoms with Gasteiger partial charge in [0.1, 0.15) is 31.8 Å². The van der Waals surface area contributed by atoms with Gasteiger partial charge in [-0.3, -0.25) is 19.2 Å². The van der Waals surface area contributed by atoms with Crippen molar-refractivity contribution in [2.24, 2.45) is 5.41 Å². The first kappa shape index (κ1) is 71.3. The van der Waals surface area contributed by atoms with E-state index < -0.39 is 11.4 Å². The molecule has 0 spiro atoms. The van der Waals surface area contributed by atoms with Crippen LogP contribution in [0.1, 0.15) is 258 Å². The molecule has 1 fully saturated rings. The van der Waals surface area contributed by atoms with Crippen molar-refractivity contribution in [1.82, 2.24) is 9.80 Å². The van der Waals surface area contributed by atoms with Crippen molar-refractivity contribution < 1.29 is 38.1 Å². The number of allylic oxidation sites excluding steroid dienone is 12. The van der Waals surface area contributed by atoms with Gasteiger partial charge < -0.3 is 28.7 Å². The Balaban J connectivity index is 2.83. The van der Waals surface area contributed by atoms with Gasteiger partial charge >= 0.3 is 23.9 Å². The highest BCUT2D eigenvalue weighted by atomic mass is 16.6. The molecule has 0 aromatic carbocycles. The molecule has 0 aromatic rings. The lowest BCUT2D eigenvalue weighted by atomic mass is 9.92. The first-order chi connectivity index (χ1) is 37.7. The Kier molecular flexibility index (Phi) is 50.2. The first-order valence-electron chi connectivity index (χ1n) is 31.7. The van der Waals surface area contributed by atoms with Crippen molar-refractivity contribution in [3.05, 3.63) is 72.9 Å². The van der Waals surface area contributed by atoms with E-state index in [2.05, 4.69) is 111 Å². The number of rotatable bonds is 53. The van der Waals surface area contributed by atoms with Crippen LogP contribution in [-0.4, -0.2) is 99.9 Å². The SMILES string of the molecule is CCCCC/C=C\C/C=C\CCCCCCCC(=O)OCC(COC(=O)CCCCCCC/C=C\C/C=C\CCCCC)(COC(=O)CCCCCCC/C=C\C/C=C\CCCCC)COC(=O)CCN1CCN(C)CC1. The van der Waals surface area contributed by atoms with Crippen LogP contribution < -0.4 is 0 Å². The average Bonchev–Trinajstić information content (AvgIpc) is 3.43. The molecule has 1 heterocycles. The van der Waals surface area contributed by atoms with Crippen LogP contribution in [0.25, 0.3) is 0 Å². The van der Waals surface area contributed by atoms with Crippen molar-refractivity contribution in [3.8, 4) is 0 Å². The number of esters is 4. The molecule has 0 unspecified atom stereocenters. The van der Waals surface area contributed by atoms with Gasteiger partial charge in [0.15, 0.2) is 0 Å². The van der Waals surface area contributed by atoms with Crippen LogP contribution in [0.15, 0.2) is 72.9 Å². The van der Waals surface area contributed by atoms with E-state index >= 15 is 0 Å². The van der Waals surface area contributed by atoms with Gasteiger partial charge in [0.2, 0.25) is 0 Å². The normalized spacial score (nSPS) is 13.9. The van der Waals surface area contributed by atoms with E-state index in [1.54, 1.807) is 0 Å². The minimum absolute atomic E-state index is 0.200. The summed E-state index contributed by atoms with van der Waals surface area (Å²) in [4.78, 5) is 57.7. The third kappa shape index (κ3) is 47.9. The van der Waals surface area contributed by atoms with E-state index in [1.165, 1.54) is 77.0 Å². The smallest absolute Gasteiger partial charge is 0.307 e. The predicted octanol–water partition coefficient (Wildman–Crippen LogP) is 17.2. The Labute approximate surface area is 472 Å². The molecule has 1 aliphatic heterocycles. The lowest BCUT2D eigenvalue weighted by Gasteiger charge is -2.33. The number of unbranched alkanes of at least 4 members (excludes halogenated alkanes) is 24. The Bertz CT molecular complexity index is 1440. The number of nitrogens with zero attached hydrogens (tertiary/aromatic N) is 2. The summed E-state index contributed by atoms with van der Waals surface area (Å²) in [6.45, 7) is 10.1. The quantitative estimate of drug-likeness (QED) is 0.0253. The summed E-state index contributed by atoms with van der Waals surface area (Å²) in [5, 5.41) is 0. The number of carbonyl (C=O) groups is 4. The molecule has 0 amide bonds. The molecule has 1 saturated heterocycles. The van der Waals surface area contributed by atoms with Crippen LogP contribution in [0.4, 0.5) is 0 Å². The minimum Gasteiger partial charge on any atom is -0.465 e. The summed E-state index contributed by atoms with van der Waals surface area (Å²) in [5.41, 5.74) is -1.25. The summed E-state index contributed by atoms with van der Waals surface area (Å²) < 4.78 is 23.7. The van der Waals surface area contributed by atoms with Gasteiger partial charge in [0.05, 0.1) is 6.42 Å². The van der Waals surface area contributed by atoms with Gasteiger partial charge in [-0.2, -0.15) is 0 Å². The van der Waals surface area contributed by atoms with Gasteiger partial charge in [-0.1, -0.05) is 190 Å². The summed E-state index contributed by atoms with van der Waals surface area (Å²) in [7, 11) is 2.10. The molecule has 0 saturated carbocycles. The van der Waals surface area contributed by atoms with E-state index in [0.29, 0.717) is 25.8 Å². The van der Waals surface area contributed by atoms with Gasteiger partial charge in [-0.05, 0) is 123 Å². The Morgan fingerprint density at radius 2 is 0.597 bits per heavy atom. The highest BCUT2D eigenvalue weighted by molar-refractivity contribution is 5.71. The van der Waals surface area contributed by atoms with Crippen molar-refractivity contribution in [2.75, 3.05) is 66.2 Å². The Morgan fingerprint density at radius 1 is 0.338 bits per heavy atom. The Morgan fingerprint density at radius 3 is 0.896 bits per heavy atom. The second kappa shape index (κ2) is 54.2. The fourth-order valence-electron chi connectivity index (χ4n) is 9.04. The van der Waals surface area contributed by atoms with Crippen LogP contribution in [0.2, 0.25) is 0 Å². The van der Waals surface area contributed by atoms with Crippen molar-refractivity contribution >= 4 is 23.9 Å². The highest BCUT2D eigenvalue weighted by Crippen LogP contribution is 2.24. The third-order valence-corrected chi connectivity index (χ3v) is 14.4. The van der Waals surface area contributed by atoms with E-state index in [1.807, 2.05) is 0 Å². The maximum absolute atomic E-state index is 13.3. The fourth-order valence-corrected chi connectivity index (χ4v) is 9.04. The van der Waals surface area contributed by atoms with Crippen LogP contribution in [0, 0.1) is 5.41 Å². The zero-order valence-corrected chi connectivity index (χ0v) is 50.1. The van der Waals surface area contributed by atoms with E-state index in [4.69, 9.17) is 18.9 Å². The lowest BCUT2D eigenvalue weighted by molar-refractivity contribution is -0.170. The molecule has 10 nitrogen and oxygen atoms in total. The molecule has 1 rings (SSSR count). The van der Waals surface area contributed by atoms with Gasteiger partial charge in [-0.15, -0.1) is 0 Å². The monoisotopic (exact) mass is 1080 g/mol. The second-order valence-corrected chi connectivity index (χ2v) is 22.0. The molecule has 1 aliphatic rings. The largest absolute Gasteiger partial charge is 0.465 e. The number of hydrogen-bond donors (Lipinski definition) is 0. The number of piperazine rings is 1. The van der Waals surface area contributed by atoms with Crippen molar-refractivity contribution in [3.63, 3.8) is 0 Å². The zero-order valence-electron chi connectivity index (χ0n) is 50.1. The van der Waals surface area contributed by atoms with Crippen LogP contribution >= 0.6 is 0 Å². The topological polar surface area (TPSA) is 112 Å². The molecule has 0 radical (unpaired) electrons. The third-order valence-electron chi connectivity index (χ3n) is 14.4. The lowest BCUT2D eigenvalue weighted by Crippen LogP contribution is -2.45. The number of ether oxygens (including phenoxy) is 4. The molecule has 0 atom stereocenters. The molecule has 442 valence electrons. The summed E-state index contributed by atoms with van der Waals surface area (Å²) in [6.07, 6.45) is 64.1. The van der Waals surface area contributed by atoms with Crippen LogP contribution in [0.5, 0.6) is 0 Å². The molecule has 0 aromatic heterocycles. The predicted molar refractivity (Wildman–Crippen MR) is 323 cm³/mol. The molecular formula is C67H116N2O8. The zero-order chi connectivity index (χ0) is 55.8. The highest BCUT2D eigenvalue weighted by Gasteiger charge is 2.38. The van der Waals surface area contributed by atoms with Gasteiger partial charge in [0, 0.05) is 52.0 Å². The molecule has 0 bridgehead atoms. The minimum atomic E-state index is -1.25. The van der Waals surface area contributed by atoms with E-state index in [9.17, 15) is 19.2 Å². The Hall–Kier alpha value is -3.76. The maximum Gasteiger partial charge on any atom is 0.307 e. The fraction of sp³-hybridized carbons (Fsp3) is 0.761. The second-order valence-electron chi connectivity index (χ2n) is 22.0. The van der Waals surface area contributed by atoms with Crippen LogP contribution in [-0.2, 0) is 38.1 Å². The molecular weight excluding hydrogens is 961 g/mol. The average molecular weight is 1080 g/mol. The molecule has 10 heteroatoms. The summed E-state index contributed by atoms with van der Waals surface area (Å²) in [5.74, 6) is -1.49.